The van der Waals surface area contributed by atoms with E-state index in [-0.39, 0.29) is 11.5 Å². The summed E-state index contributed by atoms with van der Waals surface area (Å²) in [6.07, 6.45) is 0. The maximum Gasteiger partial charge on any atom is 0.349 e. The Bertz CT molecular complexity index is 592. The first-order valence-corrected chi connectivity index (χ1v) is 7.10. The highest BCUT2D eigenvalue weighted by molar-refractivity contribution is 7.14. The van der Waals surface area contributed by atoms with Crippen LogP contribution in [0.15, 0.2) is 30.3 Å². The number of ether oxygens (including phenoxy) is 2. The molecular formula is C14H13ClO4S. The van der Waals surface area contributed by atoms with E-state index in [1.165, 1.54) is 11.3 Å². The van der Waals surface area contributed by atoms with Crippen LogP contribution in [-0.4, -0.2) is 24.3 Å². The highest BCUT2D eigenvalue weighted by atomic mass is 35.5. The number of hydrogen-bond donors (Lipinski definition) is 1. The molecule has 0 aliphatic rings. The summed E-state index contributed by atoms with van der Waals surface area (Å²) in [4.78, 5) is 12.1. The predicted octanol–water partition coefficient (Wildman–Crippen LogP) is 3.87. The molecule has 0 aliphatic carbocycles. The molecule has 0 fully saturated rings. The van der Waals surface area contributed by atoms with Crippen molar-refractivity contribution in [3.8, 4) is 11.5 Å². The molecule has 0 amide bonds. The van der Waals surface area contributed by atoms with Crippen LogP contribution in [-0.2, 0) is 0 Å². The van der Waals surface area contributed by atoms with Crippen molar-refractivity contribution in [3.63, 3.8) is 0 Å². The van der Waals surface area contributed by atoms with Crippen LogP contribution in [0.4, 0.5) is 0 Å². The summed E-state index contributed by atoms with van der Waals surface area (Å²) in [7, 11) is 0. The van der Waals surface area contributed by atoms with Crippen LogP contribution >= 0.6 is 22.9 Å². The number of carboxylic acids is 1. The molecule has 0 saturated heterocycles. The standard InChI is InChI=1S/C14H13ClO4S/c1-9-8-12(13(20-9)14(16)17)19-7-6-18-11-4-2-10(15)3-5-11/h2-5,8H,6-7H2,1H3,(H,16,17). The third-order valence-corrected chi connectivity index (χ3v) is 3.71. The van der Waals surface area contributed by atoms with Gasteiger partial charge < -0.3 is 14.6 Å². The summed E-state index contributed by atoms with van der Waals surface area (Å²) in [6.45, 7) is 2.45. The van der Waals surface area contributed by atoms with Gasteiger partial charge in [0.15, 0.2) is 4.88 Å². The van der Waals surface area contributed by atoms with Crippen molar-refractivity contribution in [1.29, 1.82) is 0 Å². The van der Waals surface area contributed by atoms with Crippen LogP contribution in [0.1, 0.15) is 14.5 Å². The Kier molecular flexibility index (Phi) is 4.87. The van der Waals surface area contributed by atoms with Crippen LogP contribution in [0.25, 0.3) is 0 Å². The highest BCUT2D eigenvalue weighted by Gasteiger charge is 2.15. The molecule has 0 aliphatic heterocycles. The minimum atomic E-state index is -0.975. The third kappa shape index (κ3) is 3.88. The van der Waals surface area contributed by atoms with Crippen molar-refractivity contribution >= 4 is 28.9 Å². The number of aromatic carboxylic acids is 1. The van der Waals surface area contributed by atoms with E-state index in [1.807, 2.05) is 6.92 Å². The van der Waals surface area contributed by atoms with Crippen molar-refractivity contribution < 1.29 is 19.4 Å². The number of halogens is 1. The smallest absolute Gasteiger partial charge is 0.349 e. The van der Waals surface area contributed by atoms with Crippen LogP contribution in [0.3, 0.4) is 0 Å². The Labute approximate surface area is 125 Å². The van der Waals surface area contributed by atoms with E-state index in [4.69, 9.17) is 26.2 Å². The summed E-state index contributed by atoms with van der Waals surface area (Å²) in [5, 5.41) is 9.67. The Balaban J connectivity index is 1.84. The minimum absolute atomic E-state index is 0.217. The molecule has 106 valence electrons. The van der Waals surface area contributed by atoms with E-state index in [1.54, 1.807) is 30.3 Å². The van der Waals surface area contributed by atoms with Gasteiger partial charge >= 0.3 is 5.97 Å². The minimum Gasteiger partial charge on any atom is -0.490 e. The molecule has 1 aromatic heterocycles. The topological polar surface area (TPSA) is 55.8 Å². The molecule has 1 heterocycles. The second-order valence-corrected chi connectivity index (χ2v) is 5.70. The molecule has 2 rings (SSSR count). The predicted molar refractivity (Wildman–Crippen MR) is 78.5 cm³/mol. The number of aryl methyl sites for hydroxylation is 1. The Morgan fingerprint density at radius 3 is 2.55 bits per heavy atom. The second-order valence-electron chi connectivity index (χ2n) is 4.01. The average molecular weight is 313 g/mol. The molecule has 2 aromatic rings. The van der Waals surface area contributed by atoms with Crippen LogP contribution in [0.5, 0.6) is 11.5 Å². The zero-order valence-electron chi connectivity index (χ0n) is 10.8. The van der Waals surface area contributed by atoms with E-state index in [2.05, 4.69) is 0 Å². The van der Waals surface area contributed by atoms with E-state index in [0.29, 0.717) is 23.1 Å². The highest BCUT2D eigenvalue weighted by Crippen LogP contribution is 2.28. The molecule has 6 heteroatoms. The van der Waals surface area contributed by atoms with E-state index in [9.17, 15) is 4.79 Å². The fraction of sp³-hybridized carbons (Fsp3) is 0.214. The molecule has 1 N–H and O–H groups in total. The van der Waals surface area contributed by atoms with Crippen LogP contribution in [0, 0.1) is 6.92 Å². The lowest BCUT2D eigenvalue weighted by Crippen LogP contribution is -2.10. The number of hydrogen-bond acceptors (Lipinski definition) is 4. The summed E-state index contributed by atoms with van der Waals surface area (Å²) in [5.41, 5.74) is 0. The summed E-state index contributed by atoms with van der Waals surface area (Å²) < 4.78 is 10.9. The largest absolute Gasteiger partial charge is 0.490 e. The summed E-state index contributed by atoms with van der Waals surface area (Å²) in [6, 6.07) is 8.72. The maximum atomic E-state index is 11.0. The molecular weight excluding hydrogens is 300 g/mol. The van der Waals surface area contributed by atoms with Gasteiger partial charge in [-0.05, 0) is 37.3 Å². The Morgan fingerprint density at radius 1 is 1.25 bits per heavy atom. The lowest BCUT2D eigenvalue weighted by molar-refractivity contribution is 0.0697. The Morgan fingerprint density at radius 2 is 1.90 bits per heavy atom. The second kappa shape index (κ2) is 6.63. The first-order chi connectivity index (χ1) is 9.56. The van der Waals surface area contributed by atoms with Gasteiger partial charge in [0.05, 0.1) is 0 Å². The molecule has 20 heavy (non-hydrogen) atoms. The van der Waals surface area contributed by atoms with Crippen molar-refractivity contribution in [2.45, 2.75) is 6.92 Å². The average Bonchev–Trinajstić information content (AvgIpc) is 2.78. The molecule has 4 nitrogen and oxygen atoms in total. The molecule has 1 aromatic carbocycles. The van der Waals surface area contributed by atoms with Gasteiger partial charge in [-0.3, -0.25) is 0 Å². The van der Waals surface area contributed by atoms with E-state index in [0.717, 1.165) is 4.88 Å². The lowest BCUT2D eigenvalue weighted by Gasteiger charge is -2.08. The number of carbonyl (C=O) groups is 1. The molecule has 0 bridgehead atoms. The zero-order chi connectivity index (χ0) is 14.5. The van der Waals surface area contributed by atoms with E-state index >= 15 is 0 Å². The van der Waals surface area contributed by atoms with Gasteiger partial charge in [0, 0.05) is 9.90 Å². The quantitative estimate of drug-likeness (QED) is 0.823. The van der Waals surface area contributed by atoms with Crippen molar-refractivity contribution in [3.05, 3.63) is 45.1 Å². The van der Waals surface area contributed by atoms with Gasteiger partial charge in [-0.1, -0.05) is 11.6 Å². The summed E-state index contributed by atoms with van der Waals surface area (Å²) >= 11 is 6.97. The van der Waals surface area contributed by atoms with Crippen molar-refractivity contribution in [2.24, 2.45) is 0 Å². The number of benzene rings is 1. The number of rotatable bonds is 6. The van der Waals surface area contributed by atoms with E-state index < -0.39 is 5.97 Å². The van der Waals surface area contributed by atoms with Crippen LogP contribution in [0.2, 0.25) is 5.02 Å². The first kappa shape index (κ1) is 14.7. The van der Waals surface area contributed by atoms with Gasteiger partial charge in [0.2, 0.25) is 0 Å². The number of carboxylic acid groups (broad SMARTS) is 1. The third-order valence-electron chi connectivity index (χ3n) is 2.44. The van der Waals surface area contributed by atoms with Gasteiger partial charge in [-0.2, -0.15) is 0 Å². The Hall–Kier alpha value is -1.72. The molecule has 0 spiro atoms. The van der Waals surface area contributed by atoms with Gasteiger partial charge in [-0.25, -0.2) is 4.79 Å². The molecule has 0 atom stereocenters. The lowest BCUT2D eigenvalue weighted by atomic mass is 10.3. The van der Waals surface area contributed by atoms with Crippen molar-refractivity contribution in [1.82, 2.24) is 0 Å². The van der Waals surface area contributed by atoms with Gasteiger partial charge in [0.1, 0.15) is 24.7 Å². The number of thiophene rings is 1. The summed E-state index contributed by atoms with van der Waals surface area (Å²) in [5.74, 6) is 0.106. The SMILES string of the molecule is Cc1cc(OCCOc2ccc(Cl)cc2)c(C(=O)O)s1. The molecule has 0 radical (unpaired) electrons. The fourth-order valence-electron chi connectivity index (χ4n) is 1.59. The first-order valence-electron chi connectivity index (χ1n) is 5.91. The van der Waals surface area contributed by atoms with Gasteiger partial charge in [-0.15, -0.1) is 11.3 Å². The zero-order valence-corrected chi connectivity index (χ0v) is 12.3. The maximum absolute atomic E-state index is 11.0. The molecule has 0 unspecified atom stereocenters. The molecule has 0 saturated carbocycles. The van der Waals surface area contributed by atoms with Gasteiger partial charge in [0.25, 0.3) is 0 Å². The van der Waals surface area contributed by atoms with Crippen LogP contribution < -0.4 is 9.47 Å². The van der Waals surface area contributed by atoms with Crippen molar-refractivity contribution in [2.75, 3.05) is 13.2 Å². The normalized spacial score (nSPS) is 10.3. The fourth-order valence-corrected chi connectivity index (χ4v) is 2.51. The monoisotopic (exact) mass is 312 g/mol.